The molecule has 0 unspecified atom stereocenters. The number of carbonyl (C=O) groups excluding carboxylic acids is 1. The van der Waals surface area contributed by atoms with Gasteiger partial charge in [-0.25, -0.2) is 0 Å². The van der Waals surface area contributed by atoms with Crippen LogP contribution >= 0.6 is 0 Å². The molecule has 146 valence electrons. The number of benzene rings is 2. The Morgan fingerprint density at radius 1 is 1.07 bits per heavy atom. The van der Waals surface area contributed by atoms with Gasteiger partial charge in [0.25, 0.3) is 0 Å². The van der Waals surface area contributed by atoms with Crippen LogP contribution < -0.4 is 10.1 Å². The van der Waals surface area contributed by atoms with Gasteiger partial charge < -0.3 is 14.6 Å². The smallest absolute Gasteiger partial charge is 0.233 e. The Morgan fingerprint density at radius 2 is 1.83 bits per heavy atom. The fraction of sp³-hybridized carbons (Fsp3) is 0.250. The van der Waals surface area contributed by atoms with Crippen LogP contribution in [0.3, 0.4) is 0 Å². The third kappa shape index (κ3) is 2.85. The largest absolute Gasteiger partial charge is 0.496 e. The first-order chi connectivity index (χ1) is 14.2. The summed E-state index contributed by atoms with van der Waals surface area (Å²) in [5.74, 6) is 1.45. The first-order valence-corrected chi connectivity index (χ1v) is 9.84. The van der Waals surface area contributed by atoms with Gasteiger partial charge in [0.05, 0.1) is 24.3 Å². The highest BCUT2D eigenvalue weighted by atomic mass is 16.5. The predicted molar refractivity (Wildman–Crippen MR) is 110 cm³/mol. The molecule has 2 heterocycles. The number of nitrogens with one attached hydrogen (secondary N) is 1. The maximum Gasteiger partial charge on any atom is 0.233 e. The number of rotatable bonds is 3. The van der Waals surface area contributed by atoms with Crippen molar-refractivity contribution < 1.29 is 14.1 Å². The fourth-order valence-electron chi connectivity index (χ4n) is 4.65. The second-order valence-corrected chi connectivity index (χ2v) is 7.64. The number of allylic oxidation sites excluding steroid dienone is 2. The Hall–Kier alpha value is -3.34. The zero-order chi connectivity index (χ0) is 20.0. The van der Waals surface area contributed by atoms with Gasteiger partial charge in [-0.1, -0.05) is 53.7 Å². The summed E-state index contributed by atoms with van der Waals surface area (Å²) in [4.78, 5) is 13.4. The molecule has 0 saturated carbocycles. The van der Waals surface area contributed by atoms with Gasteiger partial charge in [-0.05, 0) is 30.9 Å². The number of hydrogen-bond acceptors (Lipinski definition) is 5. The lowest BCUT2D eigenvalue weighted by Gasteiger charge is -2.34. The molecule has 0 spiro atoms. The molecule has 0 bridgehead atoms. The van der Waals surface area contributed by atoms with Crippen molar-refractivity contribution in [3.63, 3.8) is 0 Å². The Balaban J connectivity index is 1.66. The molecule has 2 aromatic carbocycles. The summed E-state index contributed by atoms with van der Waals surface area (Å²) in [6.07, 6.45) is 1.26. The number of nitrogens with zero attached hydrogens (tertiary/aromatic N) is 1. The number of Topliss-reactive ketones (excluding diaryl/α,β-unsaturated/α-hetero) is 1. The van der Waals surface area contributed by atoms with E-state index in [1.54, 1.807) is 7.11 Å². The maximum atomic E-state index is 13.4. The number of aryl methyl sites for hydroxylation is 1. The zero-order valence-corrected chi connectivity index (χ0v) is 16.4. The molecule has 2 aliphatic rings. The average molecular weight is 386 g/mol. The Morgan fingerprint density at radius 3 is 2.62 bits per heavy atom. The summed E-state index contributed by atoms with van der Waals surface area (Å²) in [6.45, 7) is 1.91. The second kappa shape index (κ2) is 6.92. The molecule has 5 rings (SSSR count). The molecule has 5 nitrogen and oxygen atoms in total. The highest BCUT2D eigenvalue weighted by Gasteiger charge is 2.41. The number of ketones is 1. The van der Waals surface area contributed by atoms with Gasteiger partial charge in [0, 0.05) is 23.3 Å². The second-order valence-electron chi connectivity index (χ2n) is 7.64. The normalized spacial score (nSPS) is 20.7. The van der Waals surface area contributed by atoms with Crippen molar-refractivity contribution >= 4 is 11.7 Å². The van der Waals surface area contributed by atoms with Gasteiger partial charge in [-0.2, -0.15) is 0 Å². The fourth-order valence-corrected chi connectivity index (χ4v) is 4.65. The maximum absolute atomic E-state index is 13.4. The minimum atomic E-state index is -0.243. The third-order valence-corrected chi connectivity index (χ3v) is 5.98. The number of aromatic nitrogens is 1. The van der Waals surface area contributed by atoms with E-state index in [9.17, 15) is 4.79 Å². The molecule has 0 saturated heterocycles. The van der Waals surface area contributed by atoms with E-state index in [0.717, 1.165) is 40.3 Å². The van der Waals surface area contributed by atoms with E-state index < -0.39 is 0 Å². The van der Waals surface area contributed by atoms with E-state index in [4.69, 9.17) is 9.26 Å². The third-order valence-electron chi connectivity index (χ3n) is 5.98. The molecule has 1 aromatic heterocycles. The number of fused-ring (bicyclic) bond motifs is 1. The number of ether oxygens (including phenoxy) is 1. The quantitative estimate of drug-likeness (QED) is 0.690. The van der Waals surface area contributed by atoms with E-state index >= 15 is 0 Å². The predicted octanol–water partition coefficient (Wildman–Crippen LogP) is 4.95. The lowest BCUT2D eigenvalue weighted by Crippen LogP contribution is -2.29. The number of para-hydroxylation sites is 1. The van der Waals surface area contributed by atoms with E-state index in [1.807, 2.05) is 49.4 Å². The lowest BCUT2D eigenvalue weighted by atomic mass is 9.72. The minimum Gasteiger partial charge on any atom is -0.496 e. The number of methoxy groups -OCH3 is 1. The van der Waals surface area contributed by atoms with Crippen LogP contribution in [0.2, 0.25) is 0 Å². The molecule has 1 N–H and O–H groups in total. The standard InChI is InChI=1S/C24H22N2O3/c1-14-21-22(17-10-6-7-11-20(17)28-2)23-18(25-24(21)29-26-14)12-16(13-19(23)27)15-8-4-3-5-9-15/h3-11,16,22,25H,12-13H2,1-2H3/t16-,22+/m1/s1. The van der Waals surface area contributed by atoms with Gasteiger partial charge in [-0.3, -0.25) is 4.79 Å². The highest BCUT2D eigenvalue weighted by Crippen LogP contribution is 2.50. The van der Waals surface area contributed by atoms with E-state index in [0.29, 0.717) is 12.3 Å². The summed E-state index contributed by atoms with van der Waals surface area (Å²) in [5.41, 5.74) is 5.58. The Labute approximate surface area is 169 Å². The number of carbonyl (C=O) groups is 1. The van der Waals surface area contributed by atoms with E-state index in [-0.39, 0.29) is 17.6 Å². The Bertz CT molecular complexity index is 1110. The summed E-state index contributed by atoms with van der Waals surface area (Å²) >= 11 is 0. The van der Waals surface area contributed by atoms with E-state index in [2.05, 4.69) is 22.6 Å². The van der Waals surface area contributed by atoms with Crippen LogP contribution in [-0.4, -0.2) is 18.0 Å². The van der Waals surface area contributed by atoms with Gasteiger partial charge in [-0.15, -0.1) is 0 Å². The molecule has 3 aromatic rings. The van der Waals surface area contributed by atoms with Crippen LogP contribution in [0, 0.1) is 6.92 Å². The summed E-state index contributed by atoms with van der Waals surface area (Å²) < 4.78 is 11.2. The molecule has 0 fully saturated rings. The SMILES string of the molecule is COc1ccccc1[C@@H]1C2=C(C[C@@H](c3ccccc3)CC2=O)Nc2onc(C)c21. The highest BCUT2D eigenvalue weighted by molar-refractivity contribution is 6.01. The van der Waals surface area contributed by atoms with Crippen molar-refractivity contribution in [3.8, 4) is 5.75 Å². The topological polar surface area (TPSA) is 64.4 Å². The number of hydrogen-bond donors (Lipinski definition) is 1. The first-order valence-electron chi connectivity index (χ1n) is 9.84. The summed E-state index contributed by atoms with van der Waals surface area (Å²) in [6, 6.07) is 18.1. The Kier molecular flexibility index (Phi) is 4.23. The summed E-state index contributed by atoms with van der Waals surface area (Å²) in [5, 5.41) is 7.55. The van der Waals surface area contributed by atoms with Crippen molar-refractivity contribution in [1.82, 2.24) is 5.16 Å². The van der Waals surface area contributed by atoms with Gasteiger partial charge in [0.15, 0.2) is 5.78 Å². The van der Waals surface area contributed by atoms with Crippen molar-refractivity contribution in [2.75, 3.05) is 12.4 Å². The van der Waals surface area contributed by atoms with Crippen LogP contribution in [0.4, 0.5) is 5.88 Å². The number of anilines is 1. The van der Waals surface area contributed by atoms with Crippen molar-refractivity contribution in [2.24, 2.45) is 0 Å². The van der Waals surface area contributed by atoms with Crippen molar-refractivity contribution in [3.05, 3.63) is 88.3 Å². The molecule has 1 aliphatic carbocycles. The van der Waals surface area contributed by atoms with Gasteiger partial charge in [0.1, 0.15) is 5.75 Å². The van der Waals surface area contributed by atoms with Crippen LogP contribution in [0.5, 0.6) is 5.75 Å². The average Bonchev–Trinajstić information content (AvgIpc) is 3.13. The molecule has 29 heavy (non-hydrogen) atoms. The van der Waals surface area contributed by atoms with Crippen LogP contribution in [0.25, 0.3) is 0 Å². The molecule has 0 amide bonds. The molecule has 2 atom stereocenters. The zero-order valence-electron chi connectivity index (χ0n) is 16.4. The van der Waals surface area contributed by atoms with E-state index in [1.165, 1.54) is 5.56 Å². The monoisotopic (exact) mass is 386 g/mol. The van der Waals surface area contributed by atoms with Crippen LogP contribution in [0.15, 0.2) is 70.4 Å². The van der Waals surface area contributed by atoms with Crippen LogP contribution in [-0.2, 0) is 4.79 Å². The van der Waals surface area contributed by atoms with Gasteiger partial charge >= 0.3 is 0 Å². The molecule has 1 aliphatic heterocycles. The first kappa shape index (κ1) is 17.7. The van der Waals surface area contributed by atoms with Crippen LogP contribution in [0.1, 0.15) is 47.1 Å². The van der Waals surface area contributed by atoms with Gasteiger partial charge in [0.2, 0.25) is 5.88 Å². The molecular weight excluding hydrogens is 364 g/mol. The molecule has 5 heteroatoms. The minimum absolute atomic E-state index is 0.152. The molecular formula is C24H22N2O3. The van der Waals surface area contributed by atoms with Crippen molar-refractivity contribution in [1.29, 1.82) is 0 Å². The summed E-state index contributed by atoms with van der Waals surface area (Å²) in [7, 11) is 1.66. The van der Waals surface area contributed by atoms with Crippen molar-refractivity contribution in [2.45, 2.75) is 31.6 Å². The lowest BCUT2D eigenvalue weighted by molar-refractivity contribution is -0.116. The molecule has 0 radical (unpaired) electrons.